The molecule has 2 aromatic rings. The normalized spacial score (nSPS) is 19.8. The van der Waals surface area contributed by atoms with Gasteiger partial charge in [0, 0.05) is 11.6 Å². The van der Waals surface area contributed by atoms with Gasteiger partial charge >= 0.3 is 5.97 Å². The number of rotatable bonds is 4. The van der Waals surface area contributed by atoms with Gasteiger partial charge in [-0.3, -0.25) is 4.79 Å². The van der Waals surface area contributed by atoms with E-state index in [1.807, 2.05) is 68.5 Å². The van der Waals surface area contributed by atoms with E-state index >= 15 is 0 Å². The maximum atomic E-state index is 12.2. The van der Waals surface area contributed by atoms with Gasteiger partial charge in [-0.05, 0) is 32.4 Å². The zero-order valence-electron chi connectivity index (χ0n) is 13.9. The Kier molecular flexibility index (Phi) is 4.25. The van der Waals surface area contributed by atoms with Crippen molar-refractivity contribution in [2.45, 2.75) is 20.3 Å². The largest absolute Gasteiger partial charge is 0.465 e. The fourth-order valence-corrected chi connectivity index (χ4v) is 2.78. The molecule has 1 aromatic carbocycles. The quantitative estimate of drug-likeness (QED) is 0.874. The number of esters is 1. The number of nitrogens with two attached hydrogens (primary N) is 1. The van der Waals surface area contributed by atoms with E-state index in [1.165, 1.54) is 0 Å². The highest BCUT2D eigenvalue weighted by Crippen LogP contribution is 2.34. The molecular formula is C19H21N3O2. The number of ether oxygens (including phenoxy) is 1. The van der Waals surface area contributed by atoms with Crippen LogP contribution >= 0.6 is 0 Å². The van der Waals surface area contributed by atoms with Crippen molar-refractivity contribution in [1.29, 1.82) is 0 Å². The summed E-state index contributed by atoms with van der Waals surface area (Å²) in [5.74, 6) is 0.290. The van der Waals surface area contributed by atoms with Crippen LogP contribution in [0.2, 0.25) is 0 Å². The van der Waals surface area contributed by atoms with Gasteiger partial charge in [0.15, 0.2) is 0 Å². The summed E-state index contributed by atoms with van der Waals surface area (Å²) in [6.45, 7) is 4.04. The fourth-order valence-electron chi connectivity index (χ4n) is 2.78. The minimum absolute atomic E-state index is 0.235. The average molecular weight is 323 g/mol. The summed E-state index contributed by atoms with van der Waals surface area (Å²) >= 11 is 0. The molecule has 0 amide bonds. The van der Waals surface area contributed by atoms with E-state index in [0.717, 1.165) is 17.0 Å². The summed E-state index contributed by atoms with van der Waals surface area (Å²) in [7, 11) is 0. The van der Waals surface area contributed by atoms with Gasteiger partial charge in [0.05, 0.1) is 23.4 Å². The molecule has 0 aliphatic heterocycles. The number of nitrogens with zero attached hydrogens (tertiary/aromatic N) is 2. The molecular weight excluding hydrogens is 302 g/mol. The van der Waals surface area contributed by atoms with Crippen LogP contribution in [-0.2, 0) is 9.53 Å². The summed E-state index contributed by atoms with van der Waals surface area (Å²) < 4.78 is 6.86. The lowest BCUT2D eigenvalue weighted by Crippen LogP contribution is -2.29. The summed E-state index contributed by atoms with van der Waals surface area (Å²) in [5, 5.41) is 4.59. The first-order valence-corrected chi connectivity index (χ1v) is 8.01. The fraction of sp³-hybridized carbons (Fsp3) is 0.263. The lowest BCUT2D eigenvalue weighted by atomic mass is 9.83. The highest BCUT2D eigenvalue weighted by atomic mass is 16.5. The SMILES string of the molecule is CCOC(=O)C1(C)C=C(n2nc(-c3ccccc3)cc2N)C=CC1. The van der Waals surface area contributed by atoms with E-state index in [1.54, 1.807) is 4.68 Å². The Bertz CT molecular complexity index is 805. The zero-order chi connectivity index (χ0) is 17.2. The lowest BCUT2D eigenvalue weighted by molar-refractivity contribution is -0.151. The van der Waals surface area contributed by atoms with Crippen molar-refractivity contribution >= 4 is 17.5 Å². The number of carbonyl (C=O) groups is 1. The maximum Gasteiger partial charge on any atom is 0.316 e. The molecule has 1 atom stereocenters. The molecule has 0 fully saturated rings. The molecule has 1 aromatic heterocycles. The van der Waals surface area contributed by atoms with Crippen LogP contribution in [0.3, 0.4) is 0 Å². The van der Waals surface area contributed by atoms with Crippen molar-refractivity contribution in [3.63, 3.8) is 0 Å². The van der Waals surface area contributed by atoms with Crippen LogP contribution in [0.15, 0.2) is 54.6 Å². The van der Waals surface area contributed by atoms with E-state index in [4.69, 9.17) is 10.5 Å². The Morgan fingerprint density at radius 1 is 1.38 bits per heavy atom. The minimum Gasteiger partial charge on any atom is -0.465 e. The van der Waals surface area contributed by atoms with E-state index in [0.29, 0.717) is 18.8 Å². The standard InChI is InChI=1S/C19H21N3O2/c1-3-24-18(23)19(2)11-7-10-15(13-19)22-17(20)12-16(21-22)14-8-5-4-6-9-14/h4-10,12-13H,3,11,20H2,1-2H3. The molecule has 124 valence electrons. The topological polar surface area (TPSA) is 70.1 Å². The van der Waals surface area contributed by atoms with Gasteiger partial charge in [0.25, 0.3) is 0 Å². The molecule has 0 spiro atoms. The van der Waals surface area contributed by atoms with Crippen molar-refractivity contribution in [3.05, 3.63) is 54.6 Å². The average Bonchev–Trinajstić information content (AvgIpc) is 2.98. The van der Waals surface area contributed by atoms with E-state index in [2.05, 4.69) is 5.10 Å². The number of nitrogen functional groups attached to an aromatic ring is 1. The first-order chi connectivity index (χ1) is 11.5. The van der Waals surface area contributed by atoms with E-state index in [-0.39, 0.29) is 5.97 Å². The molecule has 1 unspecified atom stereocenters. The van der Waals surface area contributed by atoms with E-state index in [9.17, 15) is 4.79 Å². The molecule has 2 N–H and O–H groups in total. The predicted octanol–water partition coefficient (Wildman–Crippen LogP) is 3.50. The maximum absolute atomic E-state index is 12.2. The Hall–Kier alpha value is -2.82. The van der Waals surface area contributed by atoms with Gasteiger partial charge in [-0.25, -0.2) is 4.68 Å². The van der Waals surface area contributed by atoms with Crippen LogP contribution in [0.5, 0.6) is 0 Å². The Morgan fingerprint density at radius 2 is 2.12 bits per heavy atom. The summed E-state index contributed by atoms with van der Waals surface area (Å²) in [5.41, 5.74) is 8.01. The van der Waals surface area contributed by atoms with Crippen molar-refractivity contribution < 1.29 is 9.53 Å². The molecule has 0 saturated heterocycles. The summed E-state index contributed by atoms with van der Waals surface area (Å²) in [4.78, 5) is 12.2. The number of allylic oxidation sites excluding steroid dienone is 3. The third-order valence-electron chi connectivity index (χ3n) is 4.09. The summed E-state index contributed by atoms with van der Waals surface area (Å²) in [6, 6.07) is 11.7. The van der Waals surface area contributed by atoms with Crippen LogP contribution in [-0.4, -0.2) is 22.4 Å². The van der Waals surface area contributed by atoms with Gasteiger partial charge in [0.2, 0.25) is 0 Å². The number of aromatic nitrogens is 2. The lowest BCUT2D eigenvalue weighted by Gasteiger charge is -2.26. The van der Waals surface area contributed by atoms with E-state index < -0.39 is 5.41 Å². The second-order valence-corrected chi connectivity index (χ2v) is 6.05. The van der Waals surface area contributed by atoms with Crippen molar-refractivity contribution in [1.82, 2.24) is 9.78 Å². The third-order valence-corrected chi connectivity index (χ3v) is 4.09. The molecule has 3 rings (SSSR count). The molecule has 5 nitrogen and oxygen atoms in total. The third kappa shape index (κ3) is 2.97. The second kappa shape index (κ2) is 6.35. The number of anilines is 1. The number of carbonyl (C=O) groups excluding carboxylic acids is 1. The molecule has 1 aliphatic carbocycles. The van der Waals surface area contributed by atoms with Gasteiger partial charge in [-0.15, -0.1) is 0 Å². The van der Waals surface area contributed by atoms with Crippen LogP contribution in [0.1, 0.15) is 20.3 Å². The highest BCUT2D eigenvalue weighted by molar-refractivity contribution is 5.83. The van der Waals surface area contributed by atoms with Gasteiger partial charge in [-0.2, -0.15) is 5.10 Å². The Balaban J connectivity index is 1.97. The van der Waals surface area contributed by atoms with Crippen molar-refractivity contribution in [2.24, 2.45) is 5.41 Å². The first-order valence-electron chi connectivity index (χ1n) is 8.01. The number of hydrogen-bond donors (Lipinski definition) is 1. The minimum atomic E-state index is -0.703. The van der Waals surface area contributed by atoms with Crippen LogP contribution < -0.4 is 5.73 Å². The first kappa shape index (κ1) is 16.1. The highest BCUT2D eigenvalue weighted by Gasteiger charge is 2.34. The van der Waals surface area contributed by atoms with Crippen molar-refractivity contribution in [2.75, 3.05) is 12.3 Å². The Morgan fingerprint density at radius 3 is 2.83 bits per heavy atom. The van der Waals surface area contributed by atoms with Gasteiger partial charge < -0.3 is 10.5 Å². The summed E-state index contributed by atoms with van der Waals surface area (Å²) in [6.07, 6.45) is 6.36. The zero-order valence-corrected chi connectivity index (χ0v) is 13.9. The molecule has 1 heterocycles. The van der Waals surface area contributed by atoms with Crippen LogP contribution in [0.25, 0.3) is 17.0 Å². The number of hydrogen-bond acceptors (Lipinski definition) is 4. The molecule has 24 heavy (non-hydrogen) atoms. The smallest absolute Gasteiger partial charge is 0.316 e. The number of benzene rings is 1. The Labute approximate surface area is 141 Å². The molecule has 5 heteroatoms. The second-order valence-electron chi connectivity index (χ2n) is 6.05. The van der Waals surface area contributed by atoms with Crippen LogP contribution in [0.4, 0.5) is 5.82 Å². The van der Waals surface area contributed by atoms with Gasteiger partial charge in [-0.1, -0.05) is 36.4 Å². The predicted molar refractivity (Wildman–Crippen MR) is 94.8 cm³/mol. The molecule has 0 radical (unpaired) electrons. The van der Waals surface area contributed by atoms with Crippen molar-refractivity contribution in [3.8, 4) is 11.3 Å². The molecule has 0 saturated carbocycles. The molecule has 0 bridgehead atoms. The van der Waals surface area contributed by atoms with Gasteiger partial charge in [0.1, 0.15) is 5.82 Å². The monoisotopic (exact) mass is 323 g/mol. The molecule has 1 aliphatic rings. The van der Waals surface area contributed by atoms with Crippen LogP contribution in [0, 0.1) is 5.41 Å².